The molecule has 0 aromatic heterocycles. The highest BCUT2D eigenvalue weighted by Gasteiger charge is 2.26. The maximum absolute atomic E-state index is 3.90. The van der Waals surface area contributed by atoms with E-state index in [9.17, 15) is 0 Å². The zero-order chi connectivity index (χ0) is 23.2. The summed E-state index contributed by atoms with van der Waals surface area (Å²) >= 11 is 0. The Bertz CT molecular complexity index is 825. The van der Waals surface area contributed by atoms with Gasteiger partial charge in [0.05, 0.1) is 16.9 Å². The molecule has 0 aliphatic rings. The smallest absolute Gasteiger partial charge is 0.0834 e. The van der Waals surface area contributed by atoms with Crippen LogP contribution in [0.5, 0.6) is 0 Å². The molecule has 0 saturated carbocycles. The average molecular weight is 462 g/mol. The number of rotatable bonds is 16. The number of allylic oxidation sites excluding steroid dienone is 2. The van der Waals surface area contributed by atoms with Gasteiger partial charge in [0.15, 0.2) is 0 Å². The van der Waals surface area contributed by atoms with Crippen molar-refractivity contribution in [1.82, 2.24) is 0 Å². The normalized spacial score (nSPS) is 13.1. The summed E-state index contributed by atoms with van der Waals surface area (Å²) in [7, 11) is -1.73. The Morgan fingerprint density at radius 2 is 1.41 bits per heavy atom. The summed E-state index contributed by atoms with van der Waals surface area (Å²) in [6, 6.07) is 22.8. The number of unbranched alkanes of at least 4 members (excludes halogenated alkanes) is 5. The first-order chi connectivity index (χ1) is 15.5. The Kier molecular flexibility index (Phi) is 12.0. The highest BCUT2D eigenvalue weighted by molar-refractivity contribution is 6.90. The van der Waals surface area contributed by atoms with Crippen molar-refractivity contribution < 1.29 is 0 Å². The molecular weight excluding hydrogens is 417 g/mol. The van der Waals surface area contributed by atoms with E-state index in [1.165, 1.54) is 67.8 Å². The summed E-state index contributed by atoms with van der Waals surface area (Å²) in [5, 5.41) is 3.24. The van der Waals surface area contributed by atoms with Crippen LogP contribution >= 0.6 is 0 Å². The molecular formula is C30H45Si2. The molecule has 0 bridgehead atoms. The first-order valence-electron chi connectivity index (χ1n) is 12.8. The Morgan fingerprint density at radius 3 is 2.06 bits per heavy atom. The van der Waals surface area contributed by atoms with Gasteiger partial charge in [-0.3, -0.25) is 0 Å². The minimum atomic E-state index is -1.33. The topological polar surface area (TPSA) is 0 Å². The summed E-state index contributed by atoms with van der Waals surface area (Å²) in [5.41, 5.74) is 2.84. The second kappa shape index (κ2) is 14.5. The molecule has 1 unspecified atom stereocenters. The van der Waals surface area contributed by atoms with Gasteiger partial charge in [-0.1, -0.05) is 148 Å². The van der Waals surface area contributed by atoms with Crippen molar-refractivity contribution in [1.29, 1.82) is 0 Å². The Balaban J connectivity index is 1.66. The molecule has 0 amide bonds. The van der Waals surface area contributed by atoms with Gasteiger partial charge < -0.3 is 0 Å². The summed E-state index contributed by atoms with van der Waals surface area (Å²) in [6.45, 7) is 15.3. The van der Waals surface area contributed by atoms with Crippen molar-refractivity contribution in [3.8, 4) is 0 Å². The Morgan fingerprint density at radius 1 is 0.812 bits per heavy atom. The molecule has 0 aliphatic carbocycles. The summed E-state index contributed by atoms with van der Waals surface area (Å²) < 4.78 is 0. The molecule has 2 aromatic carbocycles. The Hall–Kier alpha value is -1.65. The quantitative estimate of drug-likeness (QED) is 0.136. The minimum absolute atomic E-state index is 0.400. The lowest BCUT2D eigenvalue weighted by Crippen LogP contribution is -2.43. The summed E-state index contributed by atoms with van der Waals surface area (Å²) in [4.78, 5) is 0. The SMILES string of the molecule is C=CCc1cccc([Si](C)CCCCCCCC[Si](C)(CC)c2cccc(CC=C)c2)c1. The molecule has 2 rings (SSSR count). The van der Waals surface area contributed by atoms with Gasteiger partial charge in [-0.05, 0) is 24.0 Å². The van der Waals surface area contributed by atoms with Gasteiger partial charge in [0.2, 0.25) is 0 Å². The molecule has 1 atom stereocenters. The van der Waals surface area contributed by atoms with Crippen LogP contribution in [0, 0.1) is 0 Å². The van der Waals surface area contributed by atoms with Crippen LogP contribution in [0.25, 0.3) is 0 Å². The molecule has 2 aromatic rings. The molecule has 0 spiro atoms. The fourth-order valence-electron chi connectivity index (χ4n) is 4.65. The second-order valence-electron chi connectivity index (χ2n) is 9.70. The number of benzene rings is 2. The maximum atomic E-state index is 3.90. The third-order valence-electron chi connectivity index (χ3n) is 7.11. The Labute approximate surface area is 201 Å². The van der Waals surface area contributed by atoms with Crippen LogP contribution in [0.1, 0.15) is 56.6 Å². The van der Waals surface area contributed by atoms with Crippen molar-refractivity contribution in [3.63, 3.8) is 0 Å². The van der Waals surface area contributed by atoms with Crippen LogP contribution in [-0.2, 0) is 12.8 Å². The van der Waals surface area contributed by atoms with Gasteiger partial charge in [-0.2, -0.15) is 0 Å². The van der Waals surface area contributed by atoms with E-state index in [4.69, 9.17) is 0 Å². The predicted molar refractivity (Wildman–Crippen MR) is 151 cm³/mol. The van der Waals surface area contributed by atoms with E-state index in [2.05, 4.69) is 81.7 Å². The molecule has 2 heteroatoms. The molecule has 0 fully saturated rings. The lowest BCUT2D eigenvalue weighted by atomic mass is 10.1. The van der Waals surface area contributed by atoms with Gasteiger partial charge in [-0.15, -0.1) is 13.2 Å². The predicted octanol–water partition coefficient (Wildman–Crippen LogP) is 7.82. The van der Waals surface area contributed by atoms with Gasteiger partial charge in [0.25, 0.3) is 0 Å². The van der Waals surface area contributed by atoms with E-state index in [1.807, 2.05) is 12.2 Å². The monoisotopic (exact) mass is 461 g/mol. The van der Waals surface area contributed by atoms with Crippen LogP contribution < -0.4 is 10.4 Å². The van der Waals surface area contributed by atoms with Crippen LogP contribution in [-0.4, -0.2) is 16.9 Å². The van der Waals surface area contributed by atoms with Crippen molar-refractivity contribution in [2.24, 2.45) is 0 Å². The molecule has 0 heterocycles. The zero-order valence-electron chi connectivity index (χ0n) is 21.0. The number of hydrogen-bond donors (Lipinski definition) is 0. The lowest BCUT2D eigenvalue weighted by molar-refractivity contribution is 0.621. The highest BCUT2D eigenvalue weighted by Crippen LogP contribution is 2.21. The average Bonchev–Trinajstić information content (AvgIpc) is 2.81. The van der Waals surface area contributed by atoms with Gasteiger partial charge in [-0.25, -0.2) is 0 Å². The van der Waals surface area contributed by atoms with E-state index >= 15 is 0 Å². The van der Waals surface area contributed by atoms with Gasteiger partial charge in [0, 0.05) is 0 Å². The van der Waals surface area contributed by atoms with Crippen molar-refractivity contribution in [2.75, 3.05) is 0 Å². The van der Waals surface area contributed by atoms with Crippen molar-refractivity contribution in [3.05, 3.63) is 85.0 Å². The van der Waals surface area contributed by atoms with Crippen LogP contribution in [0.2, 0.25) is 31.2 Å². The minimum Gasteiger partial charge on any atom is -0.103 e. The number of hydrogen-bond acceptors (Lipinski definition) is 0. The van der Waals surface area contributed by atoms with E-state index in [0.717, 1.165) is 12.8 Å². The van der Waals surface area contributed by atoms with Crippen molar-refractivity contribution >= 4 is 27.2 Å². The molecule has 1 radical (unpaired) electrons. The van der Waals surface area contributed by atoms with Crippen LogP contribution in [0.15, 0.2) is 73.8 Å². The fourth-order valence-corrected chi connectivity index (χ4v) is 9.65. The fraction of sp³-hybridized carbons (Fsp3) is 0.467. The first-order valence-corrected chi connectivity index (χ1v) is 17.9. The summed E-state index contributed by atoms with van der Waals surface area (Å²) in [5.74, 6) is 0. The van der Waals surface area contributed by atoms with E-state index in [1.54, 1.807) is 10.4 Å². The van der Waals surface area contributed by atoms with Crippen LogP contribution in [0.4, 0.5) is 0 Å². The van der Waals surface area contributed by atoms with E-state index in [0.29, 0.717) is 0 Å². The molecule has 173 valence electrons. The lowest BCUT2D eigenvalue weighted by Gasteiger charge is -2.27. The second-order valence-corrected chi connectivity index (χ2v) is 17.2. The van der Waals surface area contributed by atoms with Gasteiger partial charge >= 0.3 is 0 Å². The largest absolute Gasteiger partial charge is 0.103 e. The third kappa shape index (κ3) is 8.71. The van der Waals surface area contributed by atoms with E-state index < -0.39 is 16.9 Å². The van der Waals surface area contributed by atoms with E-state index in [-0.39, 0.29) is 0 Å². The van der Waals surface area contributed by atoms with Crippen LogP contribution in [0.3, 0.4) is 0 Å². The third-order valence-corrected chi connectivity index (χ3v) is 14.2. The highest BCUT2D eigenvalue weighted by atomic mass is 28.3. The van der Waals surface area contributed by atoms with Crippen molar-refractivity contribution in [2.45, 2.75) is 89.5 Å². The molecule has 32 heavy (non-hydrogen) atoms. The first kappa shape index (κ1) is 26.6. The summed E-state index contributed by atoms with van der Waals surface area (Å²) in [6.07, 6.45) is 14.4. The molecule has 0 saturated heterocycles. The zero-order valence-corrected chi connectivity index (χ0v) is 23.0. The molecule has 0 aliphatic heterocycles. The van der Waals surface area contributed by atoms with Gasteiger partial charge in [0.1, 0.15) is 0 Å². The maximum Gasteiger partial charge on any atom is 0.0834 e. The standard InChI is InChI=1S/C30H45Si2/c1-6-17-27-19-15-21-29(25-27)31(4)23-13-11-9-10-12-14-24-32(5,8-3)30-22-16-20-28(26-30)18-7-2/h6-7,15-16,19-22,25-26H,1-2,8-14,17-18,23-24H2,3-5H3. The molecule has 0 N–H and O–H groups in total. The molecule has 0 nitrogen and oxygen atoms in total.